The van der Waals surface area contributed by atoms with Crippen molar-refractivity contribution in [1.29, 1.82) is 0 Å². The molecule has 3 rings (SSSR count). The van der Waals surface area contributed by atoms with Gasteiger partial charge in [0.1, 0.15) is 5.75 Å². The van der Waals surface area contributed by atoms with Crippen LogP contribution in [0.25, 0.3) is 11.1 Å². The van der Waals surface area contributed by atoms with Crippen molar-refractivity contribution < 1.29 is 9.13 Å². The average molecular weight is 383 g/mol. The maximum atomic E-state index is 13.6. The minimum Gasteiger partial charge on any atom is -0.459 e. The molecule has 150 valence electrons. The molecular weight excluding hydrogens is 351 g/mol. The van der Waals surface area contributed by atoms with Crippen LogP contribution in [0.2, 0.25) is 0 Å². The summed E-state index contributed by atoms with van der Waals surface area (Å²) in [6.45, 7) is 8.06. The van der Waals surface area contributed by atoms with Gasteiger partial charge >= 0.3 is 0 Å². The van der Waals surface area contributed by atoms with Gasteiger partial charge in [-0.2, -0.15) is 4.39 Å². The van der Waals surface area contributed by atoms with Crippen LogP contribution in [0.1, 0.15) is 51.2 Å². The zero-order chi connectivity index (χ0) is 20.1. The SMILES string of the molecule is CCCN(C)CCCC1=NCc2ccc(-c3ccc(OC(C)(C)F)cc3)cc21. The molecule has 0 bridgehead atoms. The zero-order valence-electron chi connectivity index (χ0n) is 17.5. The van der Waals surface area contributed by atoms with Crippen molar-refractivity contribution in [2.45, 2.75) is 52.4 Å². The molecule has 0 saturated carbocycles. The van der Waals surface area contributed by atoms with Crippen molar-refractivity contribution in [2.24, 2.45) is 4.99 Å². The number of aliphatic imine (C=N–C) groups is 1. The van der Waals surface area contributed by atoms with Gasteiger partial charge in [0.2, 0.25) is 5.85 Å². The van der Waals surface area contributed by atoms with Crippen molar-refractivity contribution in [3.05, 3.63) is 53.6 Å². The fraction of sp³-hybridized carbons (Fsp3) is 0.458. The minimum absolute atomic E-state index is 0.538. The lowest BCUT2D eigenvalue weighted by Gasteiger charge is -2.17. The molecule has 2 aromatic carbocycles. The van der Waals surface area contributed by atoms with Gasteiger partial charge in [-0.05, 0) is 74.3 Å². The molecule has 0 radical (unpaired) electrons. The smallest absolute Gasteiger partial charge is 0.242 e. The van der Waals surface area contributed by atoms with Crippen molar-refractivity contribution in [1.82, 2.24) is 4.90 Å². The van der Waals surface area contributed by atoms with E-state index in [4.69, 9.17) is 9.73 Å². The maximum Gasteiger partial charge on any atom is 0.242 e. The summed E-state index contributed by atoms with van der Waals surface area (Å²) in [5.41, 5.74) is 6.06. The maximum absolute atomic E-state index is 13.6. The third-order valence-electron chi connectivity index (χ3n) is 4.97. The Bertz CT molecular complexity index is 821. The van der Waals surface area contributed by atoms with E-state index >= 15 is 0 Å². The van der Waals surface area contributed by atoms with E-state index in [0.717, 1.165) is 43.6 Å². The molecule has 3 nitrogen and oxygen atoms in total. The lowest BCUT2D eigenvalue weighted by atomic mass is 9.96. The van der Waals surface area contributed by atoms with E-state index in [1.807, 2.05) is 24.3 Å². The number of alkyl halides is 1. The number of rotatable bonds is 9. The Morgan fingerprint density at radius 2 is 1.79 bits per heavy atom. The summed E-state index contributed by atoms with van der Waals surface area (Å²) in [4.78, 5) is 7.16. The van der Waals surface area contributed by atoms with Gasteiger partial charge in [0, 0.05) is 25.1 Å². The van der Waals surface area contributed by atoms with E-state index in [1.54, 1.807) is 0 Å². The summed E-state index contributed by atoms with van der Waals surface area (Å²) in [5.74, 6) is -1.14. The van der Waals surface area contributed by atoms with Crippen LogP contribution in [0.3, 0.4) is 0 Å². The number of hydrogen-bond donors (Lipinski definition) is 0. The Labute approximate surface area is 168 Å². The van der Waals surface area contributed by atoms with Gasteiger partial charge in [0.25, 0.3) is 0 Å². The average Bonchev–Trinajstić information content (AvgIpc) is 3.04. The predicted octanol–water partition coefficient (Wildman–Crippen LogP) is 5.86. The molecule has 0 aromatic heterocycles. The lowest BCUT2D eigenvalue weighted by Crippen LogP contribution is -2.21. The minimum atomic E-state index is -1.67. The first-order valence-electron chi connectivity index (χ1n) is 10.2. The van der Waals surface area contributed by atoms with Crippen LogP contribution in [0.15, 0.2) is 47.5 Å². The van der Waals surface area contributed by atoms with Crippen LogP contribution in [-0.4, -0.2) is 36.6 Å². The standard InChI is InChI=1S/C24H31FN2O/c1-5-14-27(4)15-6-7-23-22-16-19(8-9-20(22)17-26-23)18-10-12-21(13-11-18)28-24(2,3)25/h8-13,16H,5-7,14-15,17H2,1-4H3. The Morgan fingerprint density at radius 3 is 2.46 bits per heavy atom. The second-order valence-corrected chi connectivity index (χ2v) is 8.03. The first-order valence-corrected chi connectivity index (χ1v) is 10.2. The van der Waals surface area contributed by atoms with Crippen molar-refractivity contribution in [3.63, 3.8) is 0 Å². The van der Waals surface area contributed by atoms with Gasteiger partial charge in [0.05, 0.1) is 6.54 Å². The van der Waals surface area contributed by atoms with E-state index < -0.39 is 5.85 Å². The van der Waals surface area contributed by atoms with Crippen LogP contribution in [0.5, 0.6) is 5.75 Å². The summed E-state index contributed by atoms with van der Waals surface area (Å²) in [7, 11) is 2.18. The summed E-state index contributed by atoms with van der Waals surface area (Å²) in [5, 5.41) is 0. The molecule has 1 aliphatic rings. The molecule has 0 saturated heterocycles. The van der Waals surface area contributed by atoms with Gasteiger partial charge in [-0.15, -0.1) is 0 Å². The molecular formula is C24H31FN2O. The Kier molecular flexibility index (Phi) is 6.50. The third kappa shape index (κ3) is 5.41. The molecule has 1 aliphatic heterocycles. The zero-order valence-corrected chi connectivity index (χ0v) is 17.5. The van der Waals surface area contributed by atoms with Gasteiger partial charge in [-0.1, -0.05) is 31.2 Å². The van der Waals surface area contributed by atoms with E-state index in [0.29, 0.717) is 5.75 Å². The second kappa shape index (κ2) is 8.87. The van der Waals surface area contributed by atoms with Crippen LogP contribution in [0, 0.1) is 0 Å². The molecule has 0 N–H and O–H groups in total. The molecule has 0 atom stereocenters. The molecule has 0 fully saturated rings. The highest BCUT2D eigenvalue weighted by molar-refractivity contribution is 6.04. The van der Waals surface area contributed by atoms with E-state index in [9.17, 15) is 4.39 Å². The summed E-state index contributed by atoms with van der Waals surface area (Å²) in [6, 6.07) is 14.2. The van der Waals surface area contributed by atoms with Gasteiger partial charge in [-0.3, -0.25) is 4.99 Å². The largest absolute Gasteiger partial charge is 0.459 e. The molecule has 2 aromatic rings. The number of ether oxygens (including phenoxy) is 1. The topological polar surface area (TPSA) is 24.8 Å². The molecule has 4 heteroatoms. The summed E-state index contributed by atoms with van der Waals surface area (Å²) < 4.78 is 18.9. The van der Waals surface area contributed by atoms with Gasteiger partial charge < -0.3 is 9.64 Å². The molecule has 0 amide bonds. The number of nitrogens with zero attached hydrogens (tertiary/aromatic N) is 2. The van der Waals surface area contributed by atoms with E-state index in [-0.39, 0.29) is 0 Å². The Hall–Kier alpha value is -2.20. The van der Waals surface area contributed by atoms with Crippen molar-refractivity contribution in [2.75, 3.05) is 20.1 Å². The van der Waals surface area contributed by atoms with E-state index in [2.05, 4.69) is 37.1 Å². The molecule has 0 aliphatic carbocycles. The number of benzene rings is 2. The van der Waals surface area contributed by atoms with Crippen LogP contribution in [0.4, 0.5) is 4.39 Å². The second-order valence-electron chi connectivity index (χ2n) is 8.03. The monoisotopic (exact) mass is 382 g/mol. The Morgan fingerprint density at radius 1 is 1.07 bits per heavy atom. The number of hydrogen-bond acceptors (Lipinski definition) is 3. The third-order valence-corrected chi connectivity index (χ3v) is 4.97. The van der Waals surface area contributed by atoms with E-state index in [1.165, 1.54) is 37.1 Å². The molecule has 1 heterocycles. The summed E-state index contributed by atoms with van der Waals surface area (Å²) in [6.07, 6.45) is 3.34. The molecule has 28 heavy (non-hydrogen) atoms. The van der Waals surface area contributed by atoms with Crippen LogP contribution < -0.4 is 4.74 Å². The van der Waals surface area contributed by atoms with Gasteiger partial charge in [0.15, 0.2) is 0 Å². The first kappa shape index (κ1) is 20.5. The highest BCUT2D eigenvalue weighted by atomic mass is 19.2. The number of halogens is 1. The first-order chi connectivity index (χ1) is 13.4. The fourth-order valence-electron chi connectivity index (χ4n) is 3.65. The normalized spacial score (nSPS) is 13.6. The lowest BCUT2D eigenvalue weighted by molar-refractivity contribution is -0.0256. The van der Waals surface area contributed by atoms with Crippen LogP contribution in [-0.2, 0) is 6.54 Å². The van der Waals surface area contributed by atoms with Crippen molar-refractivity contribution in [3.8, 4) is 16.9 Å². The number of fused-ring (bicyclic) bond motifs is 1. The molecule has 0 unspecified atom stereocenters. The highest BCUT2D eigenvalue weighted by Crippen LogP contribution is 2.29. The molecule has 0 spiro atoms. The highest BCUT2D eigenvalue weighted by Gasteiger charge is 2.18. The van der Waals surface area contributed by atoms with Gasteiger partial charge in [-0.25, -0.2) is 0 Å². The predicted molar refractivity (Wildman–Crippen MR) is 115 cm³/mol. The van der Waals surface area contributed by atoms with Crippen molar-refractivity contribution >= 4 is 5.71 Å². The van der Waals surface area contributed by atoms with Crippen LogP contribution >= 0.6 is 0 Å². The fourth-order valence-corrected chi connectivity index (χ4v) is 3.65. The Balaban J connectivity index is 1.68. The summed E-state index contributed by atoms with van der Waals surface area (Å²) >= 11 is 0. The quantitative estimate of drug-likeness (QED) is 0.542.